The Morgan fingerprint density at radius 3 is 1.85 bits per heavy atom. The molecule has 2 fully saturated rings. The second kappa shape index (κ2) is 25.4. The molecule has 7 aromatic rings. The van der Waals surface area contributed by atoms with Crippen LogP contribution in [0.25, 0.3) is 65.6 Å². The molecule has 10 rings (SSSR count). The van der Waals surface area contributed by atoms with E-state index >= 15 is 4.39 Å². The Labute approximate surface area is 481 Å². The number of azide groups is 1. The number of hydrogen-bond acceptors (Lipinski definition) is 11. The smallest absolute Gasteiger partial charge is 0.407 e. The van der Waals surface area contributed by atoms with Crippen molar-refractivity contribution in [1.29, 1.82) is 0 Å². The average Bonchev–Trinajstić information content (AvgIpc) is 4.27. The zero-order chi connectivity index (χ0) is 51.9. The molecule has 1 unspecified atom stereocenters. The fourth-order valence-electron chi connectivity index (χ4n) is 10.4. The lowest BCUT2D eigenvalue weighted by atomic mass is 10.0. The first kappa shape index (κ1) is 60.5. The number of aromatic nitrogens is 5. The summed E-state index contributed by atoms with van der Waals surface area (Å²) in [5.41, 5.74) is 14.7. The zero-order valence-electron chi connectivity index (χ0n) is 43.6. The Hall–Kier alpha value is -6.76. The number of rotatable bonds is 13. The van der Waals surface area contributed by atoms with E-state index in [4.69, 9.17) is 29.7 Å². The van der Waals surface area contributed by atoms with Gasteiger partial charge in [-0.2, -0.15) is 54.0 Å². The minimum Gasteiger partial charge on any atom is -0.464 e. The van der Waals surface area contributed by atoms with Crippen LogP contribution in [0.15, 0.2) is 90.3 Å². The van der Waals surface area contributed by atoms with Crippen molar-refractivity contribution < 1.29 is 37.8 Å². The molecule has 4 amide bonds. The van der Waals surface area contributed by atoms with Crippen LogP contribution in [0.5, 0.6) is 5.75 Å². The standard InChI is InChI=1S/C53H55FN12O7S.4H2S/c1-27(2)45(60-52(69)71-5)49(67)64-19-7-9-38(64)47-56-25-35(58-47)30-13-16-37-32(21-30)23-40-44-34(54)22-31(36-26-57-48(59-36)39-10-8-20-65(39)50(68)46(28(3)4)61-53(70)72-6)24-41(44)73-51(66(37)40)43-18-17-42(74-43)29-11-14-33(15-12-29)62-63-55;;;;/h11-18,21-28,38-39,45-46,51H,7-10,19-20H2,1-6H3,(H,56,58)(H,57,59)(H,60,69)(H,61,70);4*1H2/t38-,39-,45-,46-,51?;;;;/m0..../s1. The minimum absolute atomic E-state index is 0. The highest BCUT2D eigenvalue weighted by Gasteiger charge is 2.40. The van der Waals surface area contributed by atoms with Crippen LogP contribution < -0.4 is 15.4 Å². The number of methoxy groups -OCH3 is 2. The van der Waals surface area contributed by atoms with Gasteiger partial charge in [0.15, 0.2) is 0 Å². The van der Waals surface area contributed by atoms with Crippen molar-refractivity contribution in [2.45, 2.75) is 83.8 Å². The normalized spacial score (nSPS) is 17.0. The first-order valence-corrected chi connectivity index (χ1v) is 25.4. The molecule has 3 aliphatic rings. The van der Waals surface area contributed by atoms with E-state index in [1.165, 1.54) is 31.6 Å². The Kier molecular flexibility index (Phi) is 19.7. The number of ether oxygens (including phenoxy) is 3. The fraction of sp³-hybridized carbons (Fsp3) is 0.358. The predicted molar refractivity (Wildman–Crippen MR) is 317 cm³/mol. The molecule has 0 bridgehead atoms. The van der Waals surface area contributed by atoms with Gasteiger partial charge >= 0.3 is 12.2 Å². The van der Waals surface area contributed by atoms with Crippen LogP contribution in [0.4, 0.5) is 19.7 Å². The van der Waals surface area contributed by atoms with Crippen LogP contribution in [-0.4, -0.2) is 97.7 Å². The van der Waals surface area contributed by atoms with Crippen LogP contribution >= 0.6 is 65.3 Å². The number of aromatic amines is 2. The van der Waals surface area contributed by atoms with Gasteiger partial charge in [0, 0.05) is 45.1 Å². The van der Waals surface area contributed by atoms with Crippen LogP contribution in [-0.2, 0) is 19.1 Å². The molecule has 25 heteroatoms. The number of carbonyl (C=O) groups excluding carboxylic acids is 4. The van der Waals surface area contributed by atoms with Crippen molar-refractivity contribution in [3.05, 3.63) is 118 Å². The van der Waals surface area contributed by atoms with Crippen LogP contribution in [0.1, 0.15) is 88.2 Å². The Morgan fingerprint density at radius 1 is 0.756 bits per heavy atom. The third kappa shape index (κ3) is 11.7. The number of thiophene rings is 1. The lowest BCUT2D eigenvalue weighted by molar-refractivity contribution is -0.136. The summed E-state index contributed by atoms with van der Waals surface area (Å²) < 4.78 is 35.6. The summed E-state index contributed by atoms with van der Waals surface area (Å²) in [5.74, 6) is 0.192. The van der Waals surface area contributed by atoms with E-state index < -0.39 is 42.4 Å². The molecular weight excluding hydrogens is 1100 g/mol. The highest BCUT2D eigenvalue weighted by Crippen LogP contribution is 2.49. The zero-order valence-corrected chi connectivity index (χ0v) is 48.4. The molecule has 0 radical (unpaired) electrons. The molecule has 2 saturated heterocycles. The Bertz CT molecular complexity index is 3360. The first-order valence-electron chi connectivity index (χ1n) is 24.6. The van der Waals surface area contributed by atoms with Crippen molar-refractivity contribution >= 4 is 106 Å². The SMILES string of the molecule is COC(=O)N[C@H](C(=O)N1CCC[C@H]1c1ncc(-c2cc(F)c3c(c2)OC(c2ccc(-c4ccc(N=[N+]=[N-])cc4)s2)n2c-3cc3cc(-c4cnc([C@@H]5CCCN5C(=O)[C@@H](NC(=O)OC)C(C)C)[nH]4)ccc32)[nH]1)C(C)C.S.S.S.S. The molecule has 4 aromatic heterocycles. The molecule has 414 valence electrons. The lowest BCUT2D eigenvalue weighted by Gasteiger charge is -2.30. The molecule has 19 nitrogen and oxygen atoms in total. The van der Waals surface area contributed by atoms with Gasteiger partial charge in [0.05, 0.1) is 71.7 Å². The van der Waals surface area contributed by atoms with Gasteiger partial charge in [-0.05, 0) is 91.1 Å². The maximum atomic E-state index is 17.1. The molecule has 3 aliphatic heterocycles. The predicted octanol–water partition coefficient (Wildman–Crippen LogP) is 11.4. The number of carbonyl (C=O) groups is 4. The topological polar surface area (TPSA) is 238 Å². The van der Waals surface area contributed by atoms with Crippen molar-refractivity contribution in [2.75, 3.05) is 27.3 Å². The molecular formula is C53H63FN12O7S5. The maximum absolute atomic E-state index is 17.1. The first-order chi connectivity index (χ1) is 35.7. The van der Waals surface area contributed by atoms with Gasteiger partial charge in [-0.25, -0.2) is 23.9 Å². The molecule has 7 heterocycles. The number of H-pyrrole nitrogens is 2. The van der Waals surface area contributed by atoms with Gasteiger partial charge in [-0.1, -0.05) is 63.1 Å². The van der Waals surface area contributed by atoms with Crippen molar-refractivity contribution in [1.82, 2.24) is 44.9 Å². The summed E-state index contributed by atoms with van der Waals surface area (Å²) in [4.78, 5) is 76.6. The second-order valence-electron chi connectivity index (χ2n) is 19.4. The number of benzene rings is 3. The number of imidazole rings is 2. The van der Waals surface area contributed by atoms with Gasteiger partial charge in [0.2, 0.25) is 18.0 Å². The quantitative estimate of drug-likeness (QED) is 0.0487. The van der Waals surface area contributed by atoms with Crippen LogP contribution in [0, 0.1) is 17.7 Å². The number of amides is 4. The molecule has 0 saturated carbocycles. The van der Waals surface area contributed by atoms with E-state index in [9.17, 15) is 19.2 Å². The summed E-state index contributed by atoms with van der Waals surface area (Å²) in [6.07, 6.45) is 4.18. The molecule has 3 aromatic carbocycles. The number of nitrogens with zero attached hydrogens (tertiary/aromatic N) is 8. The molecule has 5 atom stereocenters. The molecule has 0 spiro atoms. The largest absolute Gasteiger partial charge is 0.464 e. The van der Waals surface area contributed by atoms with E-state index in [-0.39, 0.29) is 89.2 Å². The van der Waals surface area contributed by atoms with E-state index in [0.29, 0.717) is 66.0 Å². The summed E-state index contributed by atoms with van der Waals surface area (Å²) in [6.45, 7) is 8.48. The van der Waals surface area contributed by atoms with Crippen molar-refractivity contribution in [3.8, 4) is 50.0 Å². The number of hydrogen-bond donors (Lipinski definition) is 4. The van der Waals surface area contributed by atoms with E-state index in [1.54, 1.807) is 34.3 Å². The number of alkyl carbamates (subject to hydrolysis) is 2. The summed E-state index contributed by atoms with van der Waals surface area (Å²) >= 11 is 1.53. The fourth-order valence-corrected chi connectivity index (χ4v) is 11.4. The summed E-state index contributed by atoms with van der Waals surface area (Å²) in [5, 5.41) is 9.92. The van der Waals surface area contributed by atoms with E-state index in [0.717, 1.165) is 50.3 Å². The highest BCUT2D eigenvalue weighted by molar-refractivity contribution is 7.59. The van der Waals surface area contributed by atoms with Gasteiger partial charge in [-0.3, -0.25) is 14.2 Å². The van der Waals surface area contributed by atoms with Crippen molar-refractivity contribution in [3.63, 3.8) is 0 Å². The Balaban J connectivity index is 0.00000246. The number of nitrogens with one attached hydrogen (secondary N) is 4. The van der Waals surface area contributed by atoms with Crippen molar-refractivity contribution in [2.24, 2.45) is 17.0 Å². The average molecular weight is 1160 g/mol. The highest BCUT2D eigenvalue weighted by atomic mass is 32.1. The van der Waals surface area contributed by atoms with Gasteiger partial charge < -0.3 is 44.6 Å². The van der Waals surface area contributed by atoms with Gasteiger partial charge in [0.25, 0.3) is 0 Å². The molecule has 78 heavy (non-hydrogen) atoms. The lowest BCUT2D eigenvalue weighted by Crippen LogP contribution is -2.51. The van der Waals surface area contributed by atoms with Crippen LogP contribution in [0.3, 0.4) is 0 Å². The third-order valence-electron chi connectivity index (χ3n) is 14.1. The van der Waals surface area contributed by atoms with E-state index in [1.807, 2.05) is 86.9 Å². The van der Waals surface area contributed by atoms with Crippen LogP contribution in [0.2, 0.25) is 0 Å². The molecule has 0 aliphatic carbocycles. The van der Waals surface area contributed by atoms with Gasteiger partial charge in [-0.15, -0.1) is 11.3 Å². The number of halogens is 1. The third-order valence-corrected chi connectivity index (χ3v) is 15.3. The monoisotopic (exact) mass is 1160 g/mol. The Morgan fingerprint density at radius 2 is 1.31 bits per heavy atom. The summed E-state index contributed by atoms with van der Waals surface area (Å²) in [6, 6.07) is 20.3. The maximum Gasteiger partial charge on any atom is 0.407 e. The minimum atomic E-state index is -0.795. The summed E-state index contributed by atoms with van der Waals surface area (Å²) in [7, 11) is 2.53. The molecule has 4 N–H and O–H groups in total. The number of fused-ring (bicyclic) bond motifs is 5. The second-order valence-corrected chi connectivity index (χ2v) is 20.5. The number of likely N-dealkylation sites (tertiary alicyclic amines) is 2. The van der Waals surface area contributed by atoms with Gasteiger partial charge in [0.1, 0.15) is 35.3 Å². The van der Waals surface area contributed by atoms with E-state index in [2.05, 4.69) is 30.6 Å².